The van der Waals surface area contributed by atoms with E-state index in [-0.39, 0.29) is 35.1 Å². The van der Waals surface area contributed by atoms with Gasteiger partial charge in [-0.2, -0.15) is 13.2 Å². The molecule has 2 aromatic rings. The maximum atomic E-state index is 14.3. The lowest BCUT2D eigenvalue weighted by molar-refractivity contribution is -0.137. The lowest BCUT2D eigenvalue weighted by atomic mass is 9.98. The van der Waals surface area contributed by atoms with Crippen molar-refractivity contribution in [3.05, 3.63) is 65.0 Å². The zero-order chi connectivity index (χ0) is 19.6. The van der Waals surface area contributed by atoms with Gasteiger partial charge in [-0.1, -0.05) is 18.1 Å². The number of amidine groups is 1. The number of fused-ring (bicyclic) bond motifs is 1. The van der Waals surface area contributed by atoms with E-state index in [0.29, 0.717) is 5.84 Å². The quantitative estimate of drug-likeness (QED) is 0.617. The van der Waals surface area contributed by atoms with Crippen LogP contribution in [-0.2, 0) is 6.18 Å². The average Bonchev–Trinajstić information content (AvgIpc) is 2.80. The molecule has 7 heteroatoms. The van der Waals surface area contributed by atoms with Gasteiger partial charge in [-0.3, -0.25) is 4.99 Å². The Hall–Kier alpha value is -3.14. The topological polar surface area (TPSA) is 36.8 Å². The highest BCUT2D eigenvalue weighted by molar-refractivity contribution is 6.17. The number of nitrogens with one attached hydrogen (secondary N) is 1. The van der Waals surface area contributed by atoms with Crippen LogP contribution in [0.25, 0.3) is 0 Å². The molecule has 0 saturated heterocycles. The molecule has 3 rings (SSSR count). The minimum Gasteiger partial charge on any atom is -0.359 e. The van der Waals surface area contributed by atoms with E-state index in [0.717, 1.165) is 12.1 Å². The number of nitrogens with zero attached hydrogens (tertiary/aromatic N) is 2. The Morgan fingerprint density at radius 2 is 1.89 bits per heavy atom. The second-order valence-electron chi connectivity index (χ2n) is 5.97. The predicted octanol–water partition coefficient (Wildman–Crippen LogP) is 4.34. The number of rotatable bonds is 2. The highest BCUT2D eigenvalue weighted by Crippen LogP contribution is 2.34. The van der Waals surface area contributed by atoms with Gasteiger partial charge in [-0.15, -0.1) is 6.42 Å². The Labute approximate surface area is 153 Å². The first-order chi connectivity index (χ1) is 12.8. The van der Waals surface area contributed by atoms with Crippen LogP contribution >= 0.6 is 0 Å². The van der Waals surface area contributed by atoms with Gasteiger partial charge in [-0.25, -0.2) is 9.38 Å². The van der Waals surface area contributed by atoms with Gasteiger partial charge in [-0.05, 0) is 37.3 Å². The molecule has 1 atom stereocenters. The van der Waals surface area contributed by atoms with Crippen LogP contribution in [0, 0.1) is 18.2 Å². The molecule has 0 amide bonds. The lowest BCUT2D eigenvalue weighted by Crippen LogP contribution is -2.33. The van der Waals surface area contributed by atoms with E-state index in [9.17, 15) is 17.6 Å². The van der Waals surface area contributed by atoms with Crippen molar-refractivity contribution in [2.24, 2.45) is 9.98 Å². The molecule has 0 saturated carbocycles. The van der Waals surface area contributed by atoms with E-state index in [1.807, 2.05) is 0 Å². The predicted molar refractivity (Wildman–Crippen MR) is 96.9 cm³/mol. The van der Waals surface area contributed by atoms with Gasteiger partial charge < -0.3 is 5.32 Å². The van der Waals surface area contributed by atoms with Gasteiger partial charge in [0.15, 0.2) is 0 Å². The molecular formula is C20H15F4N3. The van der Waals surface area contributed by atoms with E-state index in [1.54, 1.807) is 13.0 Å². The van der Waals surface area contributed by atoms with Crippen LogP contribution < -0.4 is 5.32 Å². The first-order valence-corrected chi connectivity index (χ1v) is 8.11. The highest BCUT2D eigenvalue weighted by Gasteiger charge is 2.32. The fraction of sp³-hybridized carbons (Fsp3) is 0.200. The van der Waals surface area contributed by atoms with Crippen molar-refractivity contribution in [3.8, 4) is 12.3 Å². The standard InChI is InChI=1S/C20H15F4N3/c1-3-12(2)26-18-11-25-19(14-6-4-5-7-16(14)21)15-10-13(20(22,23)24)8-9-17(15)27-18/h1,4-10,12H,11H2,2H3,(H,26,27). The van der Waals surface area contributed by atoms with Gasteiger partial charge in [0.05, 0.1) is 29.5 Å². The summed E-state index contributed by atoms with van der Waals surface area (Å²) in [4.78, 5) is 8.70. The van der Waals surface area contributed by atoms with Gasteiger partial charge >= 0.3 is 6.18 Å². The molecule has 0 bridgehead atoms. The molecule has 1 N–H and O–H groups in total. The fourth-order valence-corrected chi connectivity index (χ4v) is 2.67. The third-order valence-corrected chi connectivity index (χ3v) is 3.98. The van der Waals surface area contributed by atoms with Gasteiger partial charge in [0.25, 0.3) is 0 Å². The Morgan fingerprint density at radius 3 is 2.56 bits per heavy atom. The first-order valence-electron chi connectivity index (χ1n) is 8.11. The van der Waals surface area contributed by atoms with E-state index >= 15 is 0 Å². The fourth-order valence-electron chi connectivity index (χ4n) is 2.67. The van der Waals surface area contributed by atoms with E-state index in [1.165, 1.54) is 24.3 Å². The summed E-state index contributed by atoms with van der Waals surface area (Å²) in [6.45, 7) is 1.77. The average molecular weight is 373 g/mol. The summed E-state index contributed by atoms with van der Waals surface area (Å²) in [6.07, 6.45) is 0.814. The summed E-state index contributed by atoms with van der Waals surface area (Å²) in [5, 5.41) is 2.97. The van der Waals surface area contributed by atoms with Gasteiger partial charge in [0, 0.05) is 11.1 Å². The minimum absolute atomic E-state index is 0.0335. The number of aliphatic imine (C=N–C) groups is 2. The zero-order valence-corrected chi connectivity index (χ0v) is 14.3. The molecule has 1 aliphatic rings. The Kier molecular flexibility index (Phi) is 5.00. The third kappa shape index (κ3) is 4.00. The molecular weight excluding hydrogens is 358 g/mol. The van der Waals surface area contributed by atoms with Crippen molar-refractivity contribution in [2.75, 3.05) is 6.54 Å². The molecule has 0 fully saturated rings. The molecule has 138 valence electrons. The maximum Gasteiger partial charge on any atom is 0.416 e. The number of benzene rings is 2. The second kappa shape index (κ2) is 7.23. The van der Waals surface area contributed by atoms with Crippen molar-refractivity contribution in [1.82, 2.24) is 5.32 Å². The van der Waals surface area contributed by atoms with Crippen molar-refractivity contribution in [3.63, 3.8) is 0 Å². The molecule has 0 aliphatic carbocycles. The summed E-state index contributed by atoms with van der Waals surface area (Å²) >= 11 is 0. The highest BCUT2D eigenvalue weighted by atomic mass is 19.4. The van der Waals surface area contributed by atoms with Crippen LogP contribution in [0.5, 0.6) is 0 Å². The number of alkyl halides is 3. The largest absolute Gasteiger partial charge is 0.416 e. The maximum absolute atomic E-state index is 14.3. The molecule has 2 aromatic carbocycles. The molecule has 1 heterocycles. The lowest BCUT2D eigenvalue weighted by Gasteiger charge is -2.13. The van der Waals surface area contributed by atoms with Crippen LogP contribution in [0.3, 0.4) is 0 Å². The van der Waals surface area contributed by atoms with Crippen LogP contribution in [-0.4, -0.2) is 24.1 Å². The monoisotopic (exact) mass is 373 g/mol. The normalized spacial score (nSPS) is 15.0. The molecule has 27 heavy (non-hydrogen) atoms. The second-order valence-corrected chi connectivity index (χ2v) is 5.97. The van der Waals surface area contributed by atoms with E-state index in [4.69, 9.17) is 6.42 Å². The summed E-state index contributed by atoms with van der Waals surface area (Å²) in [5.41, 5.74) is -0.258. The summed E-state index contributed by atoms with van der Waals surface area (Å²) in [7, 11) is 0. The van der Waals surface area contributed by atoms with E-state index < -0.39 is 17.6 Å². The van der Waals surface area contributed by atoms with Crippen molar-refractivity contribution < 1.29 is 17.6 Å². The zero-order valence-electron chi connectivity index (χ0n) is 14.3. The SMILES string of the molecule is C#CC(C)NC1=Nc2ccc(C(F)(F)F)cc2C(c2ccccc2F)=NC1. The van der Waals surface area contributed by atoms with Gasteiger partial charge in [0.2, 0.25) is 0 Å². The van der Waals surface area contributed by atoms with Crippen LogP contribution in [0.15, 0.2) is 52.4 Å². The smallest absolute Gasteiger partial charge is 0.359 e. The molecule has 0 radical (unpaired) electrons. The van der Waals surface area contributed by atoms with Crippen molar-refractivity contribution in [1.29, 1.82) is 0 Å². The Morgan fingerprint density at radius 1 is 1.15 bits per heavy atom. The number of halogens is 4. The molecule has 1 aliphatic heterocycles. The number of terminal acetylenes is 1. The summed E-state index contributed by atoms with van der Waals surface area (Å²) in [5.74, 6) is 2.31. The molecule has 0 spiro atoms. The summed E-state index contributed by atoms with van der Waals surface area (Å²) in [6, 6.07) is 8.60. The summed E-state index contributed by atoms with van der Waals surface area (Å²) < 4.78 is 53.8. The third-order valence-electron chi connectivity index (χ3n) is 3.98. The van der Waals surface area contributed by atoms with Crippen molar-refractivity contribution >= 4 is 17.2 Å². The Bertz CT molecular complexity index is 968. The molecule has 0 aromatic heterocycles. The minimum atomic E-state index is -4.54. The van der Waals surface area contributed by atoms with Crippen LogP contribution in [0.1, 0.15) is 23.6 Å². The Balaban J connectivity index is 2.18. The first kappa shape index (κ1) is 18.6. The van der Waals surface area contributed by atoms with Crippen molar-refractivity contribution in [2.45, 2.75) is 19.1 Å². The van der Waals surface area contributed by atoms with Gasteiger partial charge in [0.1, 0.15) is 11.7 Å². The number of hydrogen-bond donors (Lipinski definition) is 1. The molecule has 3 nitrogen and oxygen atoms in total. The molecule has 1 unspecified atom stereocenters. The van der Waals surface area contributed by atoms with Crippen LogP contribution in [0.4, 0.5) is 23.2 Å². The van der Waals surface area contributed by atoms with Crippen LogP contribution in [0.2, 0.25) is 0 Å². The van der Waals surface area contributed by atoms with E-state index in [2.05, 4.69) is 21.2 Å². The number of hydrogen-bond acceptors (Lipinski definition) is 3.